The number of benzene rings is 1. The summed E-state index contributed by atoms with van der Waals surface area (Å²) in [5.41, 5.74) is 4.64. The summed E-state index contributed by atoms with van der Waals surface area (Å²) >= 11 is 0. The maximum atomic E-state index is 5.66. The number of aromatic nitrogens is 3. The molecule has 0 atom stereocenters. The second kappa shape index (κ2) is 3.73. The van der Waals surface area contributed by atoms with Crippen LogP contribution in [0.2, 0.25) is 0 Å². The highest BCUT2D eigenvalue weighted by molar-refractivity contribution is 6.32. The van der Waals surface area contributed by atoms with E-state index in [9.17, 15) is 0 Å². The van der Waals surface area contributed by atoms with Crippen molar-refractivity contribution >= 4 is 19.0 Å². The van der Waals surface area contributed by atoms with E-state index in [1.807, 2.05) is 49.6 Å². The van der Waals surface area contributed by atoms with Crippen molar-refractivity contribution in [1.29, 1.82) is 0 Å². The molecule has 17 heavy (non-hydrogen) atoms. The molecule has 1 aromatic carbocycles. The van der Waals surface area contributed by atoms with E-state index in [4.69, 9.17) is 7.85 Å². The van der Waals surface area contributed by atoms with Gasteiger partial charge in [0.25, 0.3) is 0 Å². The Morgan fingerprint density at radius 1 is 1.18 bits per heavy atom. The van der Waals surface area contributed by atoms with E-state index in [-0.39, 0.29) is 0 Å². The van der Waals surface area contributed by atoms with Gasteiger partial charge in [-0.1, -0.05) is 29.7 Å². The second-order valence-electron chi connectivity index (χ2n) is 4.09. The summed E-state index contributed by atoms with van der Waals surface area (Å²) in [5, 5.41) is 4.49. The number of aryl methyl sites for hydroxylation is 1. The molecule has 2 heterocycles. The third kappa shape index (κ3) is 1.82. The second-order valence-corrected chi connectivity index (χ2v) is 4.09. The van der Waals surface area contributed by atoms with Gasteiger partial charge in [0.15, 0.2) is 5.65 Å². The Morgan fingerprint density at radius 3 is 2.71 bits per heavy atom. The smallest absolute Gasteiger partial charge is 0.155 e. The van der Waals surface area contributed by atoms with E-state index < -0.39 is 0 Å². The third-order valence-corrected chi connectivity index (χ3v) is 2.65. The van der Waals surface area contributed by atoms with Crippen LogP contribution in [-0.4, -0.2) is 22.4 Å². The minimum absolute atomic E-state index is 0.756. The molecule has 2 aromatic heterocycles. The zero-order chi connectivity index (χ0) is 11.8. The summed E-state index contributed by atoms with van der Waals surface area (Å²) in [6.45, 7) is 2.00. The fourth-order valence-corrected chi connectivity index (χ4v) is 1.77. The van der Waals surface area contributed by atoms with E-state index in [0.29, 0.717) is 0 Å². The predicted molar refractivity (Wildman–Crippen MR) is 68.5 cm³/mol. The normalized spacial score (nSPS) is 10.9. The van der Waals surface area contributed by atoms with Crippen molar-refractivity contribution in [2.24, 2.45) is 0 Å². The Balaban J connectivity index is 2.14. The Labute approximate surface area is 101 Å². The highest BCUT2D eigenvalue weighted by Crippen LogP contribution is 2.17. The van der Waals surface area contributed by atoms with Crippen LogP contribution in [0, 0.1) is 6.92 Å². The van der Waals surface area contributed by atoms with Gasteiger partial charge < -0.3 is 0 Å². The summed E-state index contributed by atoms with van der Waals surface area (Å²) in [6, 6.07) is 9.63. The molecule has 0 aliphatic carbocycles. The minimum Gasteiger partial charge on any atom is -0.237 e. The molecule has 0 aliphatic rings. The van der Waals surface area contributed by atoms with Crippen LogP contribution in [-0.2, 0) is 0 Å². The number of fused-ring (bicyclic) bond motifs is 1. The van der Waals surface area contributed by atoms with Gasteiger partial charge in [0.2, 0.25) is 0 Å². The standard InChI is InChI=1S/C13H10BN3/c1-9-7-15-13-6-12(16-17(13)8-9)10-2-4-11(14)5-3-10/h2-8H,1H3. The van der Waals surface area contributed by atoms with Crippen LogP contribution in [0.15, 0.2) is 42.7 Å². The van der Waals surface area contributed by atoms with E-state index in [1.165, 1.54) is 0 Å². The van der Waals surface area contributed by atoms with Crippen molar-refractivity contribution in [3.8, 4) is 11.3 Å². The van der Waals surface area contributed by atoms with Crippen molar-refractivity contribution in [3.05, 3.63) is 48.3 Å². The van der Waals surface area contributed by atoms with Crippen molar-refractivity contribution in [1.82, 2.24) is 14.6 Å². The van der Waals surface area contributed by atoms with Gasteiger partial charge in [-0.2, -0.15) is 5.10 Å². The molecule has 0 N–H and O–H groups in total. The average Bonchev–Trinajstić information content (AvgIpc) is 2.72. The Hall–Kier alpha value is -2.10. The Morgan fingerprint density at radius 2 is 1.94 bits per heavy atom. The van der Waals surface area contributed by atoms with Gasteiger partial charge in [-0.25, -0.2) is 9.50 Å². The molecule has 0 fully saturated rings. The van der Waals surface area contributed by atoms with Crippen LogP contribution in [0.25, 0.3) is 16.9 Å². The first-order valence-electron chi connectivity index (χ1n) is 5.40. The molecule has 3 aromatic rings. The minimum atomic E-state index is 0.756. The fraction of sp³-hybridized carbons (Fsp3) is 0.0769. The molecule has 0 amide bonds. The van der Waals surface area contributed by atoms with E-state index in [2.05, 4.69) is 10.1 Å². The average molecular weight is 219 g/mol. The van der Waals surface area contributed by atoms with Crippen LogP contribution in [0.1, 0.15) is 5.56 Å². The van der Waals surface area contributed by atoms with Crippen molar-refractivity contribution < 1.29 is 0 Å². The molecule has 80 valence electrons. The van der Waals surface area contributed by atoms with E-state index >= 15 is 0 Å². The van der Waals surface area contributed by atoms with E-state index in [0.717, 1.165) is 27.9 Å². The largest absolute Gasteiger partial charge is 0.237 e. The summed E-state index contributed by atoms with van der Waals surface area (Å²) in [4.78, 5) is 4.32. The maximum absolute atomic E-state index is 5.66. The molecular weight excluding hydrogens is 209 g/mol. The maximum Gasteiger partial charge on any atom is 0.155 e. The lowest BCUT2D eigenvalue weighted by molar-refractivity contribution is 0.931. The van der Waals surface area contributed by atoms with E-state index in [1.54, 1.807) is 4.52 Å². The summed E-state index contributed by atoms with van der Waals surface area (Å²) in [5.74, 6) is 0. The number of nitrogens with zero attached hydrogens (tertiary/aromatic N) is 3. The first-order chi connectivity index (χ1) is 8.22. The van der Waals surface area contributed by atoms with Gasteiger partial charge in [0.05, 0.1) is 5.69 Å². The van der Waals surface area contributed by atoms with Gasteiger partial charge in [-0.15, -0.1) is 0 Å². The van der Waals surface area contributed by atoms with Gasteiger partial charge in [-0.05, 0) is 12.5 Å². The van der Waals surface area contributed by atoms with Crippen LogP contribution in [0.4, 0.5) is 0 Å². The first kappa shape index (κ1) is 10.1. The molecule has 0 saturated carbocycles. The topological polar surface area (TPSA) is 30.2 Å². The fourth-order valence-electron chi connectivity index (χ4n) is 1.77. The lowest BCUT2D eigenvalue weighted by Gasteiger charge is -1.96. The number of rotatable bonds is 1. The number of hydrogen-bond donors (Lipinski definition) is 0. The summed E-state index contributed by atoms with van der Waals surface area (Å²) in [7, 11) is 5.66. The molecule has 0 saturated heterocycles. The van der Waals surface area contributed by atoms with Crippen molar-refractivity contribution in [3.63, 3.8) is 0 Å². The molecule has 0 bridgehead atoms. The molecule has 0 aliphatic heterocycles. The molecule has 0 unspecified atom stereocenters. The molecule has 0 spiro atoms. The molecule has 3 nitrogen and oxygen atoms in total. The lowest BCUT2D eigenvalue weighted by atomic mass is 9.95. The molecule has 2 radical (unpaired) electrons. The Kier molecular flexibility index (Phi) is 2.21. The summed E-state index contributed by atoms with van der Waals surface area (Å²) in [6.07, 6.45) is 3.80. The predicted octanol–water partition coefficient (Wildman–Crippen LogP) is 1.50. The van der Waals surface area contributed by atoms with Crippen molar-refractivity contribution in [2.75, 3.05) is 0 Å². The zero-order valence-electron chi connectivity index (χ0n) is 9.46. The monoisotopic (exact) mass is 219 g/mol. The van der Waals surface area contributed by atoms with Gasteiger partial charge in [0, 0.05) is 24.0 Å². The zero-order valence-corrected chi connectivity index (χ0v) is 9.46. The molecule has 3 rings (SSSR count). The van der Waals surface area contributed by atoms with Gasteiger partial charge in [-0.3, -0.25) is 0 Å². The number of hydrogen-bond acceptors (Lipinski definition) is 2. The van der Waals surface area contributed by atoms with Gasteiger partial charge in [0.1, 0.15) is 7.85 Å². The molecular formula is C13H10BN3. The highest BCUT2D eigenvalue weighted by Gasteiger charge is 2.04. The Bertz CT molecular complexity index is 671. The third-order valence-electron chi connectivity index (χ3n) is 2.65. The van der Waals surface area contributed by atoms with Crippen LogP contribution >= 0.6 is 0 Å². The highest BCUT2D eigenvalue weighted by atomic mass is 15.2. The first-order valence-corrected chi connectivity index (χ1v) is 5.40. The van der Waals surface area contributed by atoms with Crippen LogP contribution in [0.3, 0.4) is 0 Å². The van der Waals surface area contributed by atoms with Crippen molar-refractivity contribution in [2.45, 2.75) is 6.92 Å². The van der Waals surface area contributed by atoms with Crippen LogP contribution < -0.4 is 5.46 Å². The SMILES string of the molecule is [B]c1ccc(-c2cc3ncc(C)cn3n2)cc1. The van der Waals surface area contributed by atoms with Crippen LogP contribution in [0.5, 0.6) is 0 Å². The quantitative estimate of drug-likeness (QED) is 0.580. The molecule has 4 heteroatoms. The van der Waals surface area contributed by atoms with Gasteiger partial charge >= 0.3 is 0 Å². The summed E-state index contributed by atoms with van der Waals surface area (Å²) < 4.78 is 1.79. The lowest BCUT2D eigenvalue weighted by Crippen LogP contribution is -1.99.